The van der Waals surface area contributed by atoms with E-state index in [1.807, 2.05) is 42.7 Å². The number of hydrogen-bond donors (Lipinski definition) is 1. The van der Waals surface area contributed by atoms with E-state index in [1.165, 1.54) is 11.1 Å². The lowest BCUT2D eigenvalue weighted by atomic mass is 9.71. The Morgan fingerprint density at radius 3 is 1.86 bits per heavy atom. The highest BCUT2D eigenvalue weighted by molar-refractivity contribution is 5.49. The standard InChI is InChI=1S/C19H17NO/c1-19(15-5-3-2-4-6-15,17-11-13-20-14-12-17)16-7-9-18(21)10-8-16/h2-14,21H,1H3. The van der Waals surface area contributed by atoms with Gasteiger partial charge in [0.25, 0.3) is 0 Å². The number of phenols is 1. The Bertz CT molecular complexity index is 666. The van der Waals surface area contributed by atoms with Gasteiger partial charge in [-0.05, 0) is 47.9 Å². The summed E-state index contributed by atoms with van der Waals surface area (Å²) in [4.78, 5) is 4.12. The van der Waals surface area contributed by atoms with Crippen molar-refractivity contribution >= 4 is 0 Å². The molecular weight excluding hydrogens is 258 g/mol. The second kappa shape index (κ2) is 5.41. The van der Waals surface area contributed by atoms with E-state index in [4.69, 9.17) is 0 Å². The molecule has 0 radical (unpaired) electrons. The number of benzene rings is 2. The van der Waals surface area contributed by atoms with Gasteiger partial charge in [0.15, 0.2) is 0 Å². The summed E-state index contributed by atoms with van der Waals surface area (Å²) in [5.41, 5.74) is 3.24. The Morgan fingerprint density at radius 2 is 1.24 bits per heavy atom. The van der Waals surface area contributed by atoms with Crippen LogP contribution in [0, 0.1) is 0 Å². The maximum atomic E-state index is 9.55. The van der Waals surface area contributed by atoms with Gasteiger partial charge in [0.2, 0.25) is 0 Å². The minimum atomic E-state index is -0.280. The maximum Gasteiger partial charge on any atom is 0.115 e. The summed E-state index contributed by atoms with van der Waals surface area (Å²) in [7, 11) is 0. The Kier molecular flexibility index (Phi) is 3.44. The van der Waals surface area contributed by atoms with Gasteiger partial charge in [-0.1, -0.05) is 42.5 Å². The molecule has 21 heavy (non-hydrogen) atoms. The lowest BCUT2D eigenvalue weighted by Gasteiger charge is -2.31. The van der Waals surface area contributed by atoms with Crippen molar-refractivity contribution < 1.29 is 5.11 Å². The van der Waals surface area contributed by atoms with Crippen molar-refractivity contribution in [3.05, 3.63) is 95.8 Å². The first-order valence-electron chi connectivity index (χ1n) is 6.97. The molecule has 0 fully saturated rings. The van der Waals surface area contributed by atoms with Crippen LogP contribution in [-0.4, -0.2) is 10.1 Å². The molecular formula is C19H17NO. The van der Waals surface area contributed by atoms with Crippen LogP contribution in [-0.2, 0) is 5.41 Å². The third-order valence-electron chi connectivity index (χ3n) is 4.05. The van der Waals surface area contributed by atoms with E-state index in [0.717, 1.165) is 5.56 Å². The van der Waals surface area contributed by atoms with Crippen LogP contribution in [0.3, 0.4) is 0 Å². The number of nitrogens with zero attached hydrogens (tertiary/aromatic N) is 1. The zero-order chi connectivity index (χ0) is 14.7. The van der Waals surface area contributed by atoms with E-state index >= 15 is 0 Å². The monoisotopic (exact) mass is 275 g/mol. The first kappa shape index (κ1) is 13.4. The van der Waals surface area contributed by atoms with Crippen molar-refractivity contribution in [1.82, 2.24) is 4.98 Å². The van der Waals surface area contributed by atoms with Crippen LogP contribution in [0.2, 0.25) is 0 Å². The van der Waals surface area contributed by atoms with Crippen LogP contribution in [0.4, 0.5) is 0 Å². The highest BCUT2D eigenvalue weighted by Gasteiger charge is 2.30. The predicted octanol–water partition coefficient (Wildman–Crippen LogP) is 4.14. The minimum absolute atomic E-state index is 0.280. The third-order valence-corrected chi connectivity index (χ3v) is 4.05. The molecule has 104 valence electrons. The second-order valence-corrected chi connectivity index (χ2v) is 5.27. The van der Waals surface area contributed by atoms with Crippen LogP contribution >= 0.6 is 0 Å². The van der Waals surface area contributed by atoms with Gasteiger partial charge in [-0.15, -0.1) is 0 Å². The zero-order valence-corrected chi connectivity index (χ0v) is 11.9. The normalized spacial score (nSPS) is 13.6. The SMILES string of the molecule is CC(c1ccccc1)(c1ccncc1)c1ccc(O)cc1. The largest absolute Gasteiger partial charge is 0.508 e. The van der Waals surface area contributed by atoms with Crippen LogP contribution in [0.5, 0.6) is 5.75 Å². The van der Waals surface area contributed by atoms with Crippen LogP contribution in [0.15, 0.2) is 79.1 Å². The number of rotatable bonds is 3. The van der Waals surface area contributed by atoms with Gasteiger partial charge in [0.05, 0.1) is 0 Å². The second-order valence-electron chi connectivity index (χ2n) is 5.27. The fourth-order valence-corrected chi connectivity index (χ4v) is 2.75. The van der Waals surface area contributed by atoms with Gasteiger partial charge in [0.1, 0.15) is 5.75 Å². The van der Waals surface area contributed by atoms with E-state index in [0.29, 0.717) is 0 Å². The summed E-state index contributed by atoms with van der Waals surface area (Å²) in [6.45, 7) is 2.20. The van der Waals surface area contributed by atoms with Crippen molar-refractivity contribution in [3.63, 3.8) is 0 Å². The Morgan fingerprint density at radius 1 is 0.714 bits per heavy atom. The highest BCUT2D eigenvalue weighted by atomic mass is 16.3. The van der Waals surface area contributed by atoms with Gasteiger partial charge in [0, 0.05) is 17.8 Å². The summed E-state index contributed by atoms with van der Waals surface area (Å²) in [5, 5.41) is 9.55. The molecule has 2 nitrogen and oxygen atoms in total. The summed E-state index contributed by atoms with van der Waals surface area (Å²) in [5.74, 6) is 0.281. The molecule has 0 aliphatic rings. The van der Waals surface area contributed by atoms with Crippen LogP contribution < -0.4 is 0 Å². The summed E-state index contributed by atoms with van der Waals surface area (Å²) < 4.78 is 0. The molecule has 1 heterocycles. The number of pyridine rings is 1. The van der Waals surface area contributed by atoms with Crippen molar-refractivity contribution in [2.24, 2.45) is 0 Å². The van der Waals surface area contributed by atoms with E-state index in [1.54, 1.807) is 12.1 Å². The predicted molar refractivity (Wildman–Crippen MR) is 84.3 cm³/mol. The molecule has 0 saturated heterocycles. The maximum absolute atomic E-state index is 9.55. The summed E-state index contributed by atoms with van der Waals surface area (Å²) >= 11 is 0. The average Bonchev–Trinajstić information content (AvgIpc) is 2.56. The third kappa shape index (κ3) is 2.40. The molecule has 0 aliphatic heterocycles. The Hall–Kier alpha value is -2.61. The van der Waals surface area contributed by atoms with Crippen LogP contribution in [0.1, 0.15) is 23.6 Å². The van der Waals surface area contributed by atoms with E-state index in [9.17, 15) is 5.11 Å². The van der Waals surface area contributed by atoms with Crippen molar-refractivity contribution in [2.75, 3.05) is 0 Å². The first-order valence-corrected chi connectivity index (χ1v) is 6.97. The molecule has 0 bridgehead atoms. The number of phenolic OH excluding ortho intramolecular Hbond substituents is 1. The fraction of sp³-hybridized carbons (Fsp3) is 0.105. The molecule has 2 heteroatoms. The van der Waals surface area contributed by atoms with Gasteiger partial charge < -0.3 is 5.11 Å². The molecule has 1 N–H and O–H groups in total. The number of aromatic hydroxyl groups is 1. The fourth-order valence-electron chi connectivity index (χ4n) is 2.75. The summed E-state index contributed by atoms with van der Waals surface area (Å²) in [6, 6.07) is 21.9. The highest BCUT2D eigenvalue weighted by Crippen LogP contribution is 2.38. The van der Waals surface area contributed by atoms with Crippen molar-refractivity contribution in [3.8, 4) is 5.75 Å². The summed E-state index contributed by atoms with van der Waals surface area (Å²) in [6.07, 6.45) is 3.63. The van der Waals surface area contributed by atoms with Crippen molar-refractivity contribution in [1.29, 1.82) is 0 Å². The smallest absolute Gasteiger partial charge is 0.115 e. The molecule has 3 rings (SSSR count). The molecule has 0 saturated carbocycles. The molecule has 0 aliphatic carbocycles. The average molecular weight is 275 g/mol. The van der Waals surface area contributed by atoms with Gasteiger partial charge in [-0.2, -0.15) is 0 Å². The number of hydrogen-bond acceptors (Lipinski definition) is 2. The molecule has 2 aromatic carbocycles. The molecule has 1 unspecified atom stereocenters. The topological polar surface area (TPSA) is 33.1 Å². The van der Waals surface area contributed by atoms with Crippen molar-refractivity contribution in [2.45, 2.75) is 12.3 Å². The molecule has 0 spiro atoms. The molecule has 1 aromatic heterocycles. The minimum Gasteiger partial charge on any atom is -0.508 e. The number of aromatic nitrogens is 1. The van der Waals surface area contributed by atoms with Gasteiger partial charge in [-0.25, -0.2) is 0 Å². The van der Waals surface area contributed by atoms with E-state index in [-0.39, 0.29) is 11.2 Å². The van der Waals surface area contributed by atoms with E-state index < -0.39 is 0 Å². The van der Waals surface area contributed by atoms with Gasteiger partial charge in [-0.3, -0.25) is 4.98 Å². The molecule has 0 amide bonds. The first-order chi connectivity index (χ1) is 10.2. The van der Waals surface area contributed by atoms with Gasteiger partial charge >= 0.3 is 0 Å². The zero-order valence-electron chi connectivity index (χ0n) is 11.9. The Labute approximate surface area is 124 Å². The molecule has 1 atom stereocenters. The lowest BCUT2D eigenvalue weighted by Crippen LogP contribution is -2.25. The lowest BCUT2D eigenvalue weighted by molar-refractivity contribution is 0.474. The quantitative estimate of drug-likeness (QED) is 0.779. The molecule has 3 aromatic rings. The van der Waals surface area contributed by atoms with Crippen LogP contribution in [0.25, 0.3) is 0 Å². The van der Waals surface area contributed by atoms with E-state index in [2.05, 4.69) is 36.2 Å². The Balaban J connectivity index is 2.23.